The molecule has 0 N–H and O–H groups in total. The second-order valence-corrected chi connectivity index (χ2v) is 4.82. The summed E-state index contributed by atoms with van der Waals surface area (Å²) in [5.41, 5.74) is 1.34. The fourth-order valence-electron chi connectivity index (χ4n) is 2.56. The number of rotatable bonds is 1. The minimum atomic E-state index is -0.381. The van der Waals surface area contributed by atoms with Crippen molar-refractivity contribution in [2.45, 2.75) is 25.7 Å². The lowest BCUT2D eigenvalue weighted by atomic mass is 9.96. The molecule has 0 atom stereocenters. The summed E-state index contributed by atoms with van der Waals surface area (Å²) in [4.78, 5) is 10.9. The summed E-state index contributed by atoms with van der Waals surface area (Å²) in [7, 11) is 0. The van der Waals surface area contributed by atoms with Crippen LogP contribution in [0.2, 0.25) is 5.02 Å². The molecule has 0 fully saturated rings. The molecule has 0 saturated carbocycles. The molecule has 1 aromatic rings. The highest BCUT2D eigenvalue weighted by Gasteiger charge is 2.34. The molecule has 6 heteroatoms. The summed E-state index contributed by atoms with van der Waals surface area (Å²) in [6, 6.07) is 0. The van der Waals surface area contributed by atoms with Crippen molar-refractivity contribution in [1.82, 2.24) is 0 Å². The number of halogens is 1. The van der Waals surface area contributed by atoms with Gasteiger partial charge >= 0.3 is 5.69 Å². The van der Waals surface area contributed by atoms with Crippen LogP contribution in [0.1, 0.15) is 24.0 Å². The third kappa shape index (κ3) is 1.61. The van der Waals surface area contributed by atoms with Crippen molar-refractivity contribution in [1.29, 1.82) is 0 Å². The van der Waals surface area contributed by atoms with Gasteiger partial charge in [0.1, 0.15) is 5.75 Å². The average molecular weight is 270 g/mol. The van der Waals surface area contributed by atoms with Gasteiger partial charge in [-0.1, -0.05) is 11.6 Å². The van der Waals surface area contributed by atoms with Crippen molar-refractivity contribution in [2.24, 2.45) is 0 Å². The van der Waals surface area contributed by atoms with Gasteiger partial charge in [0, 0.05) is 5.56 Å². The molecule has 5 nitrogen and oxygen atoms in total. The number of nitrogens with zero attached hydrogens (tertiary/aromatic N) is 1. The van der Waals surface area contributed by atoms with Gasteiger partial charge in [0.2, 0.25) is 5.75 Å². The van der Waals surface area contributed by atoms with E-state index in [2.05, 4.69) is 0 Å². The highest BCUT2D eigenvalue weighted by molar-refractivity contribution is 6.33. The van der Waals surface area contributed by atoms with Crippen molar-refractivity contribution in [3.05, 3.63) is 26.3 Å². The van der Waals surface area contributed by atoms with E-state index in [4.69, 9.17) is 21.1 Å². The number of hydrogen-bond donors (Lipinski definition) is 0. The first-order valence-electron chi connectivity index (χ1n) is 5.97. The second-order valence-electron chi connectivity index (χ2n) is 4.44. The molecule has 18 heavy (non-hydrogen) atoms. The van der Waals surface area contributed by atoms with E-state index in [0.29, 0.717) is 48.1 Å². The summed E-state index contributed by atoms with van der Waals surface area (Å²) in [5, 5.41) is 11.8. The largest absolute Gasteiger partial charge is 0.491 e. The van der Waals surface area contributed by atoms with Gasteiger partial charge in [-0.15, -0.1) is 0 Å². The van der Waals surface area contributed by atoms with Crippen LogP contribution < -0.4 is 9.47 Å². The summed E-state index contributed by atoms with van der Waals surface area (Å²) >= 11 is 6.29. The Bertz CT molecular complexity index is 492. The number of ether oxygens (including phenoxy) is 2. The van der Waals surface area contributed by atoms with Crippen molar-refractivity contribution in [3.63, 3.8) is 0 Å². The Labute approximate surface area is 109 Å². The molecule has 0 bridgehead atoms. The van der Waals surface area contributed by atoms with E-state index in [9.17, 15) is 10.1 Å². The molecule has 0 aromatic heterocycles. The first-order chi connectivity index (χ1) is 8.70. The highest BCUT2D eigenvalue weighted by atomic mass is 35.5. The molecule has 2 heterocycles. The lowest BCUT2D eigenvalue weighted by Gasteiger charge is -2.25. The van der Waals surface area contributed by atoms with Gasteiger partial charge in [0.05, 0.1) is 28.7 Å². The molecule has 2 aliphatic heterocycles. The summed E-state index contributed by atoms with van der Waals surface area (Å²) < 4.78 is 11.0. The molecule has 2 aliphatic rings. The predicted octanol–water partition coefficient (Wildman–Crippen LogP) is 2.90. The maximum Gasteiger partial charge on any atom is 0.318 e. The molecule has 0 radical (unpaired) electrons. The molecule has 96 valence electrons. The van der Waals surface area contributed by atoms with Crippen LogP contribution in [0.5, 0.6) is 11.5 Å². The van der Waals surface area contributed by atoms with E-state index >= 15 is 0 Å². The van der Waals surface area contributed by atoms with Gasteiger partial charge in [0.25, 0.3) is 0 Å². The molecule has 0 amide bonds. The van der Waals surface area contributed by atoms with Crippen LogP contribution in [-0.2, 0) is 12.8 Å². The van der Waals surface area contributed by atoms with E-state index in [0.717, 1.165) is 18.4 Å². The second kappa shape index (κ2) is 4.31. The molecule has 0 unspecified atom stereocenters. The predicted molar refractivity (Wildman–Crippen MR) is 65.7 cm³/mol. The number of nitro benzene ring substituents is 1. The van der Waals surface area contributed by atoms with Crippen molar-refractivity contribution in [2.75, 3.05) is 13.2 Å². The summed E-state index contributed by atoms with van der Waals surface area (Å²) in [5.74, 6) is 0.833. The normalized spacial score (nSPS) is 17.2. The Kier molecular flexibility index (Phi) is 2.78. The zero-order chi connectivity index (χ0) is 12.7. The minimum Gasteiger partial charge on any atom is -0.491 e. The smallest absolute Gasteiger partial charge is 0.318 e. The van der Waals surface area contributed by atoms with Crippen LogP contribution >= 0.6 is 11.6 Å². The van der Waals surface area contributed by atoms with Gasteiger partial charge in [0.15, 0.2) is 0 Å². The van der Waals surface area contributed by atoms with Crippen LogP contribution in [0.15, 0.2) is 0 Å². The maximum absolute atomic E-state index is 11.3. The maximum atomic E-state index is 11.3. The quantitative estimate of drug-likeness (QED) is 0.581. The van der Waals surface area contributed by atoms with Crippen molar-refractivity contribution in [3.8, 4) is 11.5 Å². The highest BCUT2D eigenvalue weighted by Crippen LogP contribution is 2.49. The van der Waals surface area contributed by atoms with Crippen molar-refractivity contribution >= 4 is 17.3 Å². The van der Waals surface area contributed by atoms with E-state index < -0.39 is 0 Å². The molecule has 1 aromatic carbocycles. The third-order valence-corrected chi connectivity index (χ3v) is 3.73. The fraction of sp³-hybridized carbons (Fsp3) is 0.500. The number of benzene rings is 1. The van der Waals surface area contributed by atoms with Gasteiger partial charge < -0.3 is 9.47 Å². The molecular formula is C12H12ClNO4. The lowest BCUT2D eigenvalue weighted by Crippen LogP contribution is -2.17. The first kappa shape index (κ1) is 11.6. The standard InChI is InChI=1S/C12H12ClNO4/c13-9-7-3-1-6-18-12(7)10(14(15)16)8-4-2-5-17-11(8)9/h1-6H2. The van der Waals surface area contributed by atoms with Crippen LogP contribution in [-0.4, -0.2) is 18.1 Å². The number of fused-ring (bicyclic) bond motifs is 2. The lowest BCUT2D eigenvalue weighted by molar-refractivity contribution is -0.386. The van der Waals surface area contributed by atoms with Crippen LogP contribution in [0, 0.1) is 10.1 Å². The van der Waals surface area contributed by atoms with Crippen molar-refractivity contribution < 1.29 is 14.4 Å². The van der Waals surface area contributed by atoms with Gasteiger partial charge in [-0.25, -0.2) is 0 Å². The van der Waals surface area contributed by atoms with E-state index in [1.54, 1.807) is 0 Å². The monoisotopic (exact) mass is 269 g/mol. The van der Waals surface area contributed by atoms with Crippen LogP contribution in [0.3, 0.4) is 0 Å². The Hall–Kier alpha value is -1.49. The average Bonchev–Trinajstić information content (AvgIpc) is 2.39. The van der Waals surface area contributed by atoms with Gasteiger partial charge in [-0.3, -0.25) is 10.1 Å². The van der Waals surface area contributed by atoms with E-state index in [1.165, 1.54) is 0 Å². The zero-order valence-electron chi connectivity index (χ0n) is 9.70. The van der Waals surface area contributed by atoms with Gasteiger partial charge in [-0.05, 0) is 25.7 Å². The molecule has 0 saturated heterocycles. The Morgan fingerprint density at radius 3 is 2.33 bits per heavy atom. The van der Waals surface area contributed by atoms with Gasteiger partial charge in [-0.2, -0.15) is 0 Å². The zero-order valence-corrected chi connectivity index (χ0v) is 10.5. The molecule has 0 spiro atoms. The number of nitro groups is 1. The summed E-state index contributed by atoms with van der Waals surface area (Å²) in [6.07, 6.45) is 2.90. The fourth-order valence-corrected chi connectivity index (χ4v) is 2.91. The SMILES string of the molecule is O=[N+]([O-])c1c2c(c(Cl)c3c1OCCC3)OCCC2. The van der Waals surface area contributed by atoms with Crippen LogP contribution in [0.4, 0.5) is 5.69 Å². The molecule has 0 aliphatic carbocycles. The third-order valence-electron chi connectivity index (χ3n) is 3.33. The van der Waals surface area contributed by atoms with Crippen LogP contribution in [0.25, 0.3) is 0 Å². The first-order valence-corrected chi connectivity index (χ1v) is 6.35. The summed E-state index contributed by atoms with van der Waals surface area (Å²) in [6.45, 7) is 1.06. The molecular weight excluding hydrogens is 258 g/mol. The van der Waals surface area contributed by atoms with E-state index in [1.807, 2.05) is 0 Å². The topological polar surface area (TPSA) is 61.6 Å². The Morgan fingerprint density at radius 1 is 1.06 bits per heavy atom. The number of hydrogen-bond acceptors (Lipinski definition) is 4. The minimum absolute atomic E-state index is 0.0452. The Balaban J connectivity index is 2.31. The molecule has 3 rings (SSSR count). The Morgan fingerprint density at radius 2 is 1.67 bits per heavy atom. The van der Waals surface area contributed by atoms with E-state index in [-0.39, 0.29) is 10.6 Å².